The summed E-state index contributed by atoms with van der Waals surface area (Å²) in [7, 11) is 0. The maximum absolute atomic E-state index is 12.6. The molecule has 0 bridgehead atoms. The Labute approximate surface area is 133 Å². The van der Waals surface area contributed by atoms with E-state index in [0.29, 0.717) is 5.92 Å². The monoisotopic (exact) mass is 346 g/mol. The molecule has 2 aromatic rings. The smallest absolute Gasteiger partial charge is 0.252 e. The van der Waals surface area contributed by atoms with Gasteiger partial charge in [-0.1, -0.05) is 40.9 Å². The summed E-state index contributed by atoms with van der Waals surface area (Å²) >= 11 is 3.58. The van der Waals surface area contributed by atoms with Crippen molar-refractivity contribution in [3.05, 3.63) is 42.1 Å². The summed E-state index contributed by atoms with van der Waals surface area (Å²) in [5.74, 6) is 0.558. The van der Waals surface area contributed by atoms with Crippen LogP contribution in [0.5, 0.6) is 0 Å². The van der Waals surface area contributed by atoms with Crippen LogP contribution in [0.2, 0.25) is 0 Å². The van der Waals surface area contributed by atoms with Crippen LogP contribution >= 0.6 is 15.9 Å². The van der Waals surface area contributed by atoms with Gasteiger partial charge in [0, 0.05) is 28.5 Å². The zero-order valence-corrected chi connectivity index (χ0v) is 13.5. The number of carbonyl (C=O) groups excluding carboxylic acids is 1. The lowest BCUT2D eigenvalue weighted by molar-refractivity contribution is 0.0913. The Morgan fingerprint density at radius 3 is 2.95 bits per heavy atom. The van der Waals surface area contributed by atoms with Gasteiger partial charge in [0.2, 0.25) is 0 Å². The molecule has 21 heavy (non-hydrogen) atoms. The van der Waals surface area contributed by atoms with E-state index in [1.54, 1.807) is 6.20 Å². The van der Waals surface area contributed by atoms with E-state index in [1.165, 1.54) is 19.3 Å². The lowest BCUT2D eigenvalue weighted by atomic mass is 9.85. The third-order valence-electron chi connectivity index (χ3n) is 4.31. The molecule has 0 saturated heterocycles. The van der Waals surface area contributed by atoms with Crippen molar-refractivity contribution in [3.8, 4) is 0 Å². The van der Waals surface area contributed by atoms with E-state index in [0.717, 1.165) is 28.2 Å². The quantitative estimate of drug-likeness (QED) is 0.855. The van der Waals surface area contributed by atoms with Crippen molar-refractivity contribution >= 4 is 32.7 Å². The molecule has 1 N–H and O–H groups in total. The molecular weight excluding hydrogens is 328 g/mol. The van der Waals surface area contributed by atoms with E-state index >= 15 is 0 Å². The fraction of sp³-hybridized carbons (Fsp3) is 0.412. The third-order valence-corrected chi connectivity index (χ3v) is 5.15. The number of nitrogens with zero attached hydrogens (tertiary/aromatic N) is 1. The van der Waals surface area contributed by atoms with Gasteiger partial charge < -0.3 is 5.32 Å². The highest BCUT2D eigenvalue weighted by atomic mass is 79.9. The first kappa shape index (κ1) is 14.5. The number of hydrogen-bond donors (Lipinski definition) is 1. The summed E-state index contributed by atoms with van der Waals surface area (Å²) in [4.78, 5) is 16.9. The van der Waals surface area contributed by atoms with Crippen LogP contribution in [0.15, 0.2) is 36.5 Å². The predicted octanol–water partition coefficient (Wildman–Crippen LogP) is 3.92. The van der Waals surface area contributed by atoms with E-state index in [2.05, 4.69) is 26.2 Å². The number of alkyl halides is 1. The molecule has 1 aromatic heterocycles. The molecule has 1 saturated carbocycles. The number of aromatic nitrogens is 1. The second-order valence-corrected chi connectivity index (χ2v) is 6.30. The first-order chi connectivity index (χ1) is 10.3. The molecule has 0 spiro atoms. The van der Waals surface area contributed by atoms with Crippen molar-refractivity contribution in [2.45, 2.75) is 31.7 Å². The Bertz CT molecular complexity index is 638. The number of hydrogen-bond acceptors (Lipinski definition) is 2. The highest BCUT2D eigenvalue weighted by molar-refractivity contribution is 9.09. The van der Waals surface area contributed by atoms with Crippen LogP contribution in [0, 0.1) is 5.92 Å². The van der Waals surface area contributed by atoms with Gasteiger partial charge in [0.05, 0.1) is 5.52 Å². The number of amides is 1. The van der Waals surface area contributed by atoms with Crippen LogP contribution in [0.3, 0.4) is 0 Å². The number of benzene rings is 1. The Balaban J connectivity index is 1.84. The van der Waals surface area contributed by atoms with Gasteiger partial charge in [-0.25, -0.2) is 0 Å². The van der Waals surface area contributed by atoms with Crippen LogP contribution in [0.25, 0.3) is 10.9 Å². The summed E-state index contributed by atoms with van der Waals surface area (Å²) in [5, 5.41) is 5.11. The first-order valence-electron chi connectivity index (χ1n) is 7.50. The molecule has 0 radical (unpaired) electrons. The maximum atomic E-state index is 12.6. The summed E-state index contributed by atoms with van der Waals surface area (Å²) in [6.45, 7) is 0. The molecule has 3 rings (SSSR count). The standard InChI is InChI=1S/C17H19BrN2O/c18-11-12-5-1-2-8-15(12)20-17(21)14-6-3-9-16-13(14)7-4-10-19-16/h3-4,6-7,9-10,12,15H,1-2,5,8,11H2,(H,20,21). The Kier molecular flexibility index (Phi) is 4.54. The Morgan fingerprint density at radius 2 is 2.10 bits per heavy atom. The molecule has 1 aromatic carbocycles. The topological polar surface area (TPSA) is 42.0 Å². The van der Waals surface area contributed by atoms with Crippen molar-refractivity contribution in [2.24, 2.45) is 5.92 Å². The van der Waals surface area contributed by atoms with Gasteiger partial charge in [0.1, 0.15) is 0 Å². The van der Waals surface area contributed by atoms with Gasteiger partial charge in [0.25, 0.3) is 5.91 Å². The van der Waals surface area contributed by atoms with Crippen LogP contribution in [0.4, 0.5) is 0 Å². The van der Waals surface area contributed by atoms with Gasteiger partial charge in [-0.2, -0.15) is 0 Å². The normalized spacial score (nSPS) is 22.1. The predicted molar refractivity (Wildman–Crippen MR) is 88.7 cm³/mol. The molecule has 1 aliphatic rings. The highest BCUT2D eigenvalue weighted by Crippen LogP contribution is 2.26. The molecule has 2 unspecified atom stereocenters. The third kappa shape index (κ3) is 3.10. The molecule has 1 heterocycles. The second kappa shape index (κ2) is 6.56. The number of nitrogens with one attached hydrogen (secondary N) is 1. The Morgan fingerprint density at radius 1 is 1.24 bits per heavy atom. The Hall–Kier alpha value is -1.42. The molecular formula is C17H19BrN2O. The summed E-state index contributed by atoms with van der Waals surface area (Å²) in [6.07, 6.45) is 6.48. The van der Waals surface area contributed by atoms with E-state index in [1.807, 2.05) is 30.3 Å². The second-order valence-electron chi connectivity index (χ2n) is 5.65. The van der Waals surface area contributed by atoms with Crippen LogP contribution in [-0.2, 0) is 0 Å². The molecule has 2 atom stereocenters. The van der Waals surface area contributed by atoms with Crippen molar-refractivity contribution in [2.75, 3.05) is 5.33 Å². The van der Waals surface area contributed by atoms with Crippen molar-refractivity contribution in [1.82, 2.24) is 10.3 Å². The van der Waals surface area contributed by atoms with Gasteiger partial charge in [-0.3, -0.25) is 9.78 Å². The van der Waals surface area contributed by atoms with E-state index in [-0.39, 0.29) is 11.9 Å². The van der Waals surface area contributed by atoms with E-state index in [4.69, 9.17) is 0 Å². The number of fused-ring (bicyclic) bond motifs is 1. The number of pyridine rings is 1. The SMILES string of the molecule is O=C(NC1CCCCC1CBr)c1cccc2ncccc12. The fourth-order valence-electron chi connectivity index (χ4n) is 3.13. The van der Waals surface area contributed by atoms with Crippen LogP contribution in [0.1, 0.15) is 36.0 Å². The fourth-order valence-corrected chi connectivity index (χ4v) is 3.90. The largest absolute Gasteiger partial charge is 0.349 e. The maximum Gasteiger partial charge on any atom is 0.252 e. The summed E-state index contributed by atoms with van der Waals surface area (Å²) < 4.78 is 0. The molecule has 1 aliphatic carbocycles. The molecule has 110 valence electrons. The molecule has 3 nitrogen and oxygen atoms in total. The van der Waals surface area contributed by atoms with Crippen molar-refractivity contribution in [1.29, 1.82) is 0 Å². The average Bonchev–Trinajstić information content (AvgIpc) is 2.54. The minimum absolute atomic E-state index is 0.0199. The molecule has 1 fully saturated rings. The van der Waals surface area contributed by atoms with Gasteiger partial charge in [0.15, 0.2) is 0 Å². The van der Waals surface area contributed by atoms with Gasteiger partial charge in [-0.05, 0) is 37.0 Å². The van der Waals surface area contributed by atoms with Crippen LogP contribution in [-0.4, -0.2) is 22.3 Å². The lowest BCUT2D eigenvalue weighted by Crippen LogP contribution is -2.42. The molecule has 4 heteroatoms. The van der Waals surface area contributed by atoms with Crippen LogP contribution < -0.4 is 5.32 Å². The van der Waals surface area contributed by atoms with Gasteiger partial charge >= 0.3 is 0 Å². The first-order valence-corrected chi connectivity index (χ1v) is 8.62. The summed E-state index contributed by atoms with van der Waals surface area (Å²) in [6, 6.07) is 9.82. The zero-order valence-electron chi connectivity index (χ0n) is 11.9. The average molecular weight is 347 g/mol. The zero-order chi connectivity index (χ0) is 14.7. The summed E-state index contributed by atoms with van der Waals surface area (Å²) in [5.41, 5.74) is 1.59. The lowest BCUT2D eigenvalue weighted by Gasteiger charge is -2.31. The molecule has 1 amide bonds. The van der Waals surface area contributed by atoms with E-state index in [9.17, 15) is 4.79 Å². The number of carbonyl (C=O) groups is 1. The molecule has 0 aliphatic heterocycles. The minimum Gasteiger partial charge on any atom is -0.349 e. The minimum atomic E-state index is 0.0199. The van der Waals surface area contributed by atoms with Crippen molar-refractivity contribution in [3.63, 3.8) is 0 Å². The van der Waals surface area contributed by atoms with Crippen molar-refractivity contribution < 1.29 is 4.79 Å². The number of halogens is 1. The van der Waals surface area contributed by atoms with E-state index < -0.39 is 0 Å². The highest BCUT2D eigenvalue weighted by Gasteiger charge is 2.26. The number of rotatable bonds is 3. The van der Waals surface area contributed by atoms with Gasteiger partial charge in [-0.15, -0.1) is 0 Å².